The number of benzene rings is 1. The summed E-state index contributed by atoms with van der Waals surface area (Å²) in [6.45, 7) is 1.26. The summed E-state index contributed by atoms with van der Waals surface area (Å²) in [5.74, 6) is -2.15. The van der Waals surface area contributed by atoms with Crippen molar-refractivity contribution < 1.29 is 32.4 Å². The van der Waals surface area contributed by atoms with Crippen LogP contribution in [0.3, 0.4) is 0 Å². The van der Waals surface area contributed by atoms with Crippen LogP contribution in [-0.2, 0) is 4.74 Å². The third-order valence-electron chi connectivity index (χ3n) is 2.12. The van der Waals surface area contributed by atoms with Crippen molar-refractivity contribution in [1.29, 1.82) is 5.26 Å². The number of carbonyl (C=O) groups is 1. The molecule has 0 spiro atoms. The SMILES string of the molecule is CCOC(=O)c1cc(OC(F)(F)F)cc(C#N)c1[N+](=O)[O-]. The Morgan fingerprint density at radius 1 is 1.48 bits per heavy atom. The third kappa shape index (κ3) is 4.07. The van der Waals surface area contributed by atoms with Crippen LogP contribution in [0.5, 0.6) is 5.75 Å². The number of halogens is 3. The van der Waals surface area contributed by atoms with Gasteiger partial charge in [0.25, 0.3) is 0 Å². The van der Waals surface area contributed by atoms with Gasteiger partial charge in [0.1, 0.15) is 22.9 Å². The molecule has 0 fully saturated rings. The molecule has 0 heterocycles. The van der Waals surface area contributed by atoms with E-state index in [1.54, 1.807) is 0 Å². The van der Waals surface area contributed by atoms with Crippen LogP contribution in [0.1, 0.15) is 22.8 Å². The van der Waals surface area contributed by atoms with E-state index in [4.69, 9.17) is 5.26 Å². The lowest BCUT2D eigenvalue weighted by molar-refractivity contribution is -0.385. The molecular weight excluding hydrogens is 297 g/mol. The van der Waals surface area contributed by atoms with E-state index in [1.165, 1.54) is 13.0 Å². The summed E-state index contributed by atoms with van der Waals surface area (Å²) >= 11 is 0. The number of hydrogen-bond acceptors (Lipinski definition) is 6. The molecule has 0 N–H and O–H groups in total. The molecule has 10 heteroatoms. The number of rotatable bonds is 4. The predicted octanol–water partition coefficient (Wildman–Crippen LogP) is 2.54. The van der Waals surface area contributed by atoms with Crippen LogP contribution in [-0.4, -0.2) is 23.9 Å². The Bertz CT molecular complexity index is 622. The minimum atomic E-state index is -5.07. The largest absolute Gasteiger partial charge is 0.573 e. The molecule has 0 saturated carbocycles. The Morgan fingerprint density at radius 2 is 2.10 bits per heavy atom. The van der Waals surface area contributed by atoms with Crippen molar-refractivity contribution in [2.45, 2.75) is 13.3 Å². The summed E-state index contributed by atoms with van der Waals surface area (Å²) in [5, 5.41) is 19.7. The van der Waals surface area contributed by atoms with Gasteiger partial charge in [0.15, 0.2) is 0 Å². The molecule has 0 aliphatic carbocycles. The molecule has 0 atom stereocenters. The standard InChI is InChI=1S/C11H7F3N2O5/c1-2-20-10(17)8-4-7(21-11(12,13)14)3-6(5-15)9(8)16(18)19/h3-4H,2H2,1H3. The summed E-state index contributed by atoms with van der Waals surface area (Å²) in [4.78, 5) is 21.4. The highest BCUT2D eigenvalue weighted by atomic mass is 19.4. The minimum Gasteiger partial charge on any atom is -0.462 e. The summed E-state index contributed by atoms with van der Waals surface area (Å²) in [5.41, 5.74) is -2.48. The Balaban J connectivity index is 3.49. The van der Waals surface area contributed by atoms with Gasteiger partial charge in [-0.3, -0.25) is 10.1 Å². The molecule has 1 aromatic carbocycles. The van der Waals surface area contributed by atoms with Crippen LogP contribution >= 0.6 is 0 Å². The monoisotopic (exact) mass is 304 g/mol. The maximum Gasteiger partial charge on any atom is 0.573 e. The molecule has 7 nitrogen and oxygen atoms in total. The first-order chi connectivity index (χ1) is 9.69. The van der Waals surface area contributed by atoms with E-state index < -0.39 is 39.8 Å². The highest BCUT2D eigenvalue weighted by molar-refractivity contribution is 5.95. The molecule has 0 aliphatic heterocycles. The van der Waals surface area contributed by atoms with Crippen molar-refractivity contribution >= 4 is 11.7 Å². The Morgan fingerprint density at radius 3 is 2.52 bits per heavy atom. The smallest absolute Gasteiger partial charge is 0.462 e. The highest BCUT2D eigenvalue weighted by Crippen LogP contribution is 2.32. The molecule has 0 aromatic heterocycles. The van der Waals surface area contributed by atoms with Gasteiger partial charge in [-0.1, -0.05) is 0 Å². The van der Waals surface area contributed by atoms with Crippen molar-refractivity contribution in [3.05, 3.63) is 33.4 Å². The van der Waals surface area contributed by atoms with Crippen molar-refractivity contribution in [3.63, 3.8) is 0 Å². The number of hydrogen-bond donors (Lipinski definition) is 0. The fourth-order valence-electron chi connectivity index (χ4n) is 1.45. The molecule has 0 unspecified atom stereocenters. The topological polar surface area (TPSA) is 102 Å². The van der Waals surface area contributed by atoms with Gasteiger partial charge in [0.2, 0.25) is 0 Å². The van der Waals surface area contributed by atoms with E-state index in [9.17, 15) is 28.1 Å². The van der Waals surface area contributed by atoms with Crippen LogP contribution in [0, 0.1) is 21.4 Å². The van der Waals surface area contributed by atoms with E-state index in [1.807, 2.05) is 0 Å². The van der Waals surface area contributed by atoms with Crippen LogP contribution in [0.15, 0.2) is 12.1 Å². The molecule has 0 bridgehead atoms. The van der Waals surface area contributed by atoms with Gasteiger partial charge < -0.3 is 9.47 Å². The summed E-state index contributed by atoms with van der Waals surface area (Å²) in [6, 6.07) is 2.37. The van der Waals surface area contributed by atoms with Gasteiger partial charge in [0.05, 0.1) is 11.5 Å². The first-order valence-electron chi connectivity index (χ1n) is 5.35. The molecule has 112 valence electrons. The van der Waals surface area contributed by atoms with Gasteiger partial charge in [-0.05, 0) is 6.92 Å². The van der Waals surface area contributed by atoms with Gasteiger partial charge in [-0.15, -0.1) is 13.2 Å². The van der Waals surface area contributed by atoms with E-state index in [2.05, 4.69) is 9.47 Å². The van der Waals surface area contributed by atoms with E-state index in [-0.39, 0.29) is 6.61 Å². The number of nitrogens with zero attached hydrogens (tertiary/aromatic N) is 2. The number of nitro groups is 1. The zero-order chi connectivity index (χ0) is 16.2. The average Bonchev–Trinajstić information content (AvgIpc) is 2.35. The third-order valence-corrected chi connectivity index (χ3v) is 2.12. The molecule has 0 aliphatic rings. The van der Waals surface area contributed by atoms with Gasteiger partial charge in [0, 0.05) is 12.1 Å². The van der Waals surface area contributed by atoms with Crippen LogP contribution < -0.4 is 4.74 Å². The van der Waals surface area contributed by atoms with Crippen LogP contribution in [0.2, 0.25) is 0 Å². The zero-order valence-electron chi connectivity index (χ0n) is 10.4. The number of nitriles is 1. The number of ether oxygens (including phenoxy) is 2. The van der Waals surface area contributed by atoms with Crippen molar-refractivity contribution in [3.8, 4) is 11.8 Å². The van der Waals surface area contributed by atoms with Gasteiger partial charge in [-0.2, -0.15) is 5.26 Å². The van der Waals surface area contributed by atoms with Gasteiger partial charge in [-0.25, -0.2) is 4.79 Å². The molecular formula is C11H7F3N2O5. The summed E-state index contributed by atoms with van der Waals surface area (Å²) < 4.78 is 44.6. The lowest BCUT2D eigenvalue weighted by Gasteiger charge is -2.11. The molecule has 0 saturated heterocycles. The van der Waals surface area contributed by atoms with Gasteiger partial charge >= 0.3 is 18.0 Å². The maximum atomic E-state index is 12.2. The maximum absolute atomic E-state index is 12.2. The van der Waals surface area contributed by atoms with E-state index >= 15 is 0 Å². The number of carbonyl (C=O) groups excluding carboxylic acids is 1. The Kier molecular flexibility index (Phi) is 4.70. The highest BCUT2D eigenvalue weighted by Gasteiger charge is 2.34. The lowest BCUT2D eigenvalue weighted by atomic mass is 10.1. The van der Waals surface area contributed by atoms with Crippen LogP contribution in [0.25, 0.3) is 0 Å². The first kappa shape index (κ1) is 16.2. The Labute approximate surface area is 115 Å². The average molecular weight is 304 g/mol. The summed E-state index contributed by atoms with van der Waals surface area (Å²) in [7, 11) is 0. The normalized spacial score (nSPS) is 10.6. The zero-order valence-corrected chi connectivity index (χ0v) is 10.4. The molecule has 1 aromatic rings. The summed E-state index contributed by atoms with van der Waals surface area (Å²) in [6.07, 6.45) is -5.07. The second-order valence-corrected chi connectivity index (χ2v) is 3.50. The van der Waals surface area contributed by atoms with E-state index in [0.717, 1.165) is 0 Å². The fraction of sp³-hybridized carbons (Fsp3) is 0.273. The van der Waals surface area contributed by atoms with E-state index in [0.29, 0.717) is 12.1 Å². The minimum absolute atomic E-state index is 0.151. The van der Waals surface area contributed by atoms with Crippen molar-refractivity contribution in [1.82, 2.24) is 0 Å². The van der Waals surface area contributed by atoms with Crippen molar-refractivity contribution in [2.24, 2.45) is 0 Å². The van der Waals surface area contributed by atoms with Crippen molar-refractivity contribution in [2.75, 3.05) is 6.61 Å². The molecule has 0 radical (unpaired) electrons. The second kappa shape index (κ2) is 6.08. The lowest BCUT2D eigenvalue weighted by Crippen LogP contribution is -2.18. The predicted molar refractivity (Wildman–Crippen MR) is 60.5 cm³/mol. The number of esters is 1. The molecule has 1 rings (SSSR count). The Hall–Kier alpha value is -2.83. The number of alkyl halides is 3. The molecule has 21 heavy (non-hydrogen) atoms. The first-order valence-corrected chi connectivity index (χ1v) is 5.35. The fourth-order valence-corrected chi connectivity index (χ4v) is 1.45. The molecule has 0 amide bonds. The number of nitro benzene ring substituents is 1. The quantitative estimate of drug-likeness (QED) is 0.481. The van der Waals surface area contributed by atoms with Crippen LogP contribution in [0.4, 0.5) is 18.9 Å². The second-order valence-electron chi connectivity index (χ2n) is 3.50.